The van der Waals surface area contributed by atoms with Crippen LogP contribution in [0.1, 0.15) is 49.0 Å². The van der Waals surface area contributed by atoms with E-state index >= 15 is 0 Å². The Hall–Kier alpha value is -2.66. The van der Waals surface area contributed by atoms with Gasteiger partial charge in [-0.15, -0.1) is 0 Å². The number of rotatable bonds is 7. The van der Waals surface area contributed by atoms with Gasteiger partial charge in [0, 0.05) is 19.6 Å². The van der Waals surface area contributed by atoms with Crippen LogP contribution >= 0.6 is 0 Å². The molecule has 1 fully saturated rings. The van der Waals surface area contributed by atoms with Gasteiger partial charge in [0.1, 0.15) is 0 Å². The number of piperidine rings is 1. The number of hydrogen-bond acceptors (Lipinski definition) is 3. The molecular weight excluding hydrogens is 364 g/mol. The zero-order valence-electron chi connectivity index (χ0n) is 17.3. The van der Waals surface area contributed by atoms with Crippen molar-refractivity contribution in [2.75, 3.05) is 19.6 Å². The average Bonchev–Trinajstić information content (AvgIpc) is 2.75. The van der Waals surface area contributed by atoms with Crippen molar-refractivity contribution in [1.82, 2.24) is 9.80 Å². The summed E-state index contributed by atoms with van der Waals surface area (Å²) >= 11 is 0. The first kappa shape index (κ1) is 21.1. The molecule has 1 atom stereocenters. The summed E-state index contributed by atoms with van der Waals surface area (Å²) in [7, 11) is 0. The zero-order valence-corrected chi connectivity index (χ0v) is 17.3. The van der Waals surface area contributed by atoms with Crippen LogP contribution in [0.4, 0.5) is 0 Å². The van der Waals surface area contributed by atoms with Crippen LogP contribution in [0.5, 0.6) is 0 Å². The third-order valence-corrected chi connectivity index (χ3v) is 5.78. The molecule has 1 unspecified atom stereocenters. The quantitative estimate of drug-likeness (QED) is 0.762. The summed E-state index contributed by atoms with van der Waals surface area (Å²) in [6.45, 7) is 6.87. The van der Waals surface area contributed by atoms with E-state index in [1.807, 2.05) is 55.1 Å². The average molecular weight is 395 g/mol. The van der Waals surface area contributed by atoms with Crippen molar-refractivity contribution in [2.45, 2.75) is 45.7 Å². The van der Waals surface area contributed by atoms with Gasteiger partial charge in [0.15, 0.2) is 0 Å². The lowest BCUT2D eigenvalue weighted by atomic mass is 9.94. The fourth-order valence-corrected chi connectivity index (χ4v) is 4.18. The number of carbonyl (C=O) groups is 2. The molecule has 0 aliphatic carbocycles. The lowest BCUT2D eigenvalue weighted by molar-refractivity contribution is -0.138. The Kier molecular flexibility index (Phi) is 7.04. The molecule has 1 heterocycles. The molecule has 2 aromatic rings. The molecule has 1 amide bonds. The number of carboxylic acids is 1. The predicted octanol–water partition coefficient (Wildman–Crippen LogP) is 4.27. The highest BCUT2D eigenvalue weighted by Gasteiger charge is 2.31. The van der Waals surface area contributed by atoms with Gasteiger partial charge in [0.05, 0.1) is 11.6 Å². The Morgan fingerprint density at radius 1 is 1.07 bits per heavy atom. The second-order valence-corrected chi connectivity index (χ2v) is 7.54. The number of hydrogen-bond donors (Lipinski definition) is 1. The minimum Gasteiger partial charge on any atom is -0.478 e. The lowest BCUT2D eigenvalue weighted by Crippen LogP contribution is -2.50. The first-order valence-corrected chi connectivity index (χ1v) is 10.5. The van der Waals surface area contributed by atoms with E-state index in [0.717, 1.165) is 42.5 Å². The number of benzene rings is 2. The van der Waals surface area contributed by atoms with Crippen molar-refractivity contribution < 1.29 is 14.7 Å². The molecule has 0 spiro atoms. The van der Waals surface area contributed by atoms with Crippen molar-refractivity contribution in [3.63, 3.8) is 0 Å². The van der Waals surface area contributed by atoms with Crippen LogP contribution in [-0.4, -0.2) is 52.5 Å². The SMILES string of the molecule is CCN(CC)C(=O)C1CCCCN1Cc1cc(C(=O)O)ccc1-c1ccccc1. The molecule has 2 aromatic carbocycles. The van der Waals surface area contributed by atoms with Crippen LogP contribution in [0, 0.1) is 0 Å². The van der Waals surface area contributed by atoms with E-state index in [4.69, 9.17) is 0 Å². The highest BCUT2D eigenvalue weighted by atomic mass is 16.4. The second kappa shape index (κ2) is 9.70. The number of carboxylic acid groups (broad SMARTS) is 1. The Balaban J connectivity index is 1.95. The second-order valence-electron chi connectivity index (χ2n) is 7.54. The Morgan fingerprint density at radius 3 is 2.45 bits per heavy atom. The molecule has 3 rings (SSSR count). The first-order chi connectivity index (χ1) is 14.0. The fraction of sp³-hybridized carbons (Fsp3) is 0.417. The molecule has 154 valence electrons. The smallest absolute Gasteiger partial charge is 0.335 e. The van der Waals surface area contributed by atoms with Crippen molar-refractivity contribution in [3.05, 3.63) is 59.7 Å². The van der Waals surface area contributed by atoms with Crippen molar-refractivity contribution in [1.29, 1.82) is 0 Å². The van der Waals surface area contributed by atoms with Gasteiger partial charge in [-0.2, -0.15) is 0 Å². The number of amides is 1. The van der Waals surface area contributed by atoms with E-state index in [9.17, 15) is 14.7 Å². The molecule has 1 aliphatic heterocycles. The van der Waals surface area contributed by atoms with Crippen LogP contribution in [0.15, 0.2) is 48.5 Å². The van der Waals surface area contributed by atoms with E-state index in [-0.39, 0.29) is 17.5 Å². The van der Waals surface area contributed by atoms with Gasteiger partial charge in [-0.1, -0.05) is 42.8 Å². The Labute approximate surface area is 172 Å². The molecular formula is C24H30N2O3. The minimum atomic E-state index is -0.930. The van der Waals surface area contributed by atoms with Gasteiger partial charge in [0.2, 0.25) is 5.91 Å². The summed E-state index contributed by atoms with van der Waals surface area (Å²) in [5, 5.41) is 9.48. The third-order valence-electron chi connectivity index (χ3n) is 5.78. The van der Waals surface area contributed by atoms with Crippen LogP contribution in [0.2, 0.25) is 0 Å². The molecule has 0 radical (unpaired) electrons. The summed E-state index contributed by atoms with van der Waals surface area (Å²) < 4.78 is 0. The number of likely N-dealkylation sites (N-methyl/N-ethyl adjacent to an activating group) is 1. The minimum absolute atomic E-state index is 0.138. The maximum atomic E-state index is 13.1. The van der Waals surface area contributed by atoms with Crippen molar-refractivity contribution in [3.8, 4) is 11.1 Å². The third kappa shape index (κ3) is 4.85. The molecule has 29 heavy (non-hydrogen) atoms. The van der Waals surface area contributed by atoms with E-state index < -0.39 is 5.97 Å². The topological polar surface area (TPSA) is 60.9 Å². The Morgan fingerprint density at radius 2 is 1.79 bits per heavy atom. The van der Waals surface area contributed by atoms with Gasteiger partial charge < -0.3 is 10.0 Å². The van der Waals surface area contributed by atoms with Crippen LogP contribution in [-0.2, 0) is 11.3 Å². The summed E-state index contributed by atoms with van der Waals surface area (Å²) in [6.07, 6.45) is 2.96. The standard InChI is InChI=1S/C24H30N2O3/c1-3-25(4-2)23(27)22-12-8-9-15-26(22)17-20-16-19(24(28)29)13-14-21(20)18-10-6-5-7-11-18/h5-7,10-11,13-14,16,22H,3-4,8-9,12,15,17H2,1-2H3,(H,28,29). The van der Waals surface area contributed by atoms with E-state index in [1.54, 1.807) is 12.1 Å². The number of carbonyl (C=O) groups excluding carboxylic acids is 1. The van der Waals surface area contributed by atoms with E-state index in [2.05, 4.69) is 4.90 Å². The molecule has 0 bridgehead atoms. The largest absolute Gasteiger partial charge is 0.478 e. The highest BCUT2D eigenvalue weighted by molar-refractivity contribution is 5.89. The van der Waals surface area contributed by atoms with Gasteiger partial charge in [-0.25, -0.2) is 4.79 Å². The summed E-state index contributed by atoms with van der Waals surface area (Å²) in [6, 6.07) is 15.2. The predicted molar refractivity (Wildman–Crippen MR) is 115 cm³/mol. The fourth-order valence-electron chi connectivity index (χ4n) is 4.18. The van der Waals surface area contributed by atoms with Gasteiger partial charge in [-0.05, 0) is 62.1 Å². The zero-order chi connectivity index (χ0) is 20.8. The van der Waals surface area contributed by atoms with Crippen LogP contribution in [0.25, 0.3) is 11.1 Å². The normalized spacial score (nSPS) is 17.1. The number of nitrogens with zero attached hydrogens (tertiary/aromatic N) is 2. The number of aromatic carboxylic acids is 1. The van der Waals surface area contributed by atoms with E-state index in [1.165, 1.54) is 0 Å². The number of likely N-dealkylation sites (tertiary alicyclic amines) is 1. The van der Waals surface area contributed by atoms with Crippen LogP contribution < -0.4 is 0 Å². The molecule has 5 nitrogen and oxygen atoms in total. The molecule has 5 heteroatoms. The van der Waals surface area contributed by atoms with Gasteiger partial charge >= 0.3 is 5.97 Å². The molecule has 1 N–H and O–H groups in total. The molecule has 0 aromatic heterocycles. The molecule has 1 aliphatic rings. The highest BCUT2D eigenvalue weighted by Crippen LogP contribution is 2.29. The van der Waals surface area contributed by atoms with E-state index in [0.29, 0.717) is 19.6 Å². The molecule has 1 saturated heterocycles. The Bertz CT molecular complexity index is 846. The lowest BCUT2D eigenvalue weighted by Gasteiger charge is -2.37. The van der Waals surface area contributed by atoms with Crippen molar-refractivity contribution in [2.24, 2.45) is 0 Å². The van der Waals surface area contributed by atoms with Gasteiger partial charge in [-0.3, -0.25) is 9.69 Å². The van der Waals surface area contributed by atoms with Gasteiger partial charge in [0.25, 0.3) is 0 Å². The summed E-state index contributed by atoms with van der Waals surface area (Å²) in [4.78, 5) is 28.8. The van der Waals surface area contributed by atoms with Crippen LogP contribution in [0.3, 0.4) is 0 Å². The molecule has 0 saturated carbocycles. The summed E-state index contributed by atoms with van der Waals surface area (Å²) in [5.41, 5.74) is 3.32. The summed E-state index contributed by atoms with van der Waals surface area (Å²) in [5.74, 6) is -0.745. The monoisotopic (exact) mass is 394 g/mol. The van der Waals surface area contributed by atoms with Crippen molar-refractivity contribution >= 4 is 11.9 Å². The first-order valence-electron chi connectivity index (χ1n) is 10.5. The maximum Gasteiger partial charge on any atom is 0.335 e. The maximum absolute atomic E-state index is 13.1.